The topological polar surface area (TPSA) is 203 Å². The van der Waals surface area contributed by atoms with Crippen LogP contribution < -0.4 is 5.73 Å². The van der Waals surface area contributed by atoms with Crippen molar-refractivity contribution in [1.82, 2.24) is 0 Å². The highest BCUT2D eigenvalue weighted by Gasteiger charge is 2.26. The number of thioether (sulfide) groups is 1. The third-order valence-electron chi connectivity index (χ3n) is 8.27. The zero-order valence-electron chi connectivity index (χ0n) is 32.9. The predicted molar refractivity (Wildman–Crippen MR) is 217 cm³/mol. The Kier molecular flexibility index (Phi) is 32.6. The monoisotopic (exact) mass is 803 g/mol. The number of aliphatic hydroxyl groups excluding tert-OH is 1. The number of carboxylic acids is 1. The summed E-state index contributed by atoms with van der Waals surface area (Å²) in [5.41, 5.74) is 6.08. The van der Waals surface area contributed by atoms with Gasteiger partial charge < -0.3 is 35.2 Å². The van der Waals surface area contributed by atoms with Crippen molar-refractivity contribution in [2.75, 3.05) is 19.0 Å². The lowest BCUT2D eigenvalue weighted by Gasteiger charge is -2.22. The fourth-order valence-corrected chi connectivity index (χ4v) is 6.66. The first-order valence-electron chi connectivity index (χ1n) is 19.7. The minimum Gasteiger partial charge on any atom is -0.481 e. The molecule has 0 saturated heterocycles. The molecule has 4 atom stereocenters. The first kappa shape index (κ1) is 51.8. The van der Waals surface area contributed by atoms with Crippen LogP contribution in [0.1, 0.15) is 136 Å². The number of aliphatic hydroxyl groups is 1. The van der Waals surface area contributed by atoms with E-state index in [-0.39, 0.29) is 31.4 Å². The molecule has 0 unspecified atom stereocenters. The summed E-state index contributed by atoms with van der Waals surface area (Å²) in [4.78, 5) is 54.5. The van der Waals surface area contributed by atoms with Gasteiger partial charge in [0.2, 0.25) is 0 Å². The lowest BCUT2D eigenvalue weighted by atomic mass is 10.0. The van der Waals surface area contributed by atoms with Crippen LogP contribution in [0, 0.1) is 5.92 Å². The van der Waals surface area contributed by atoms with Gasteiger partial charge in [0.05, 0.1) is 12.7 Å². The Morgan fingerprint density at radius 1 is 0.796 bits per heavy atom. The minimum absolute atomic E-state index is 0.0411. The number of nitrogens with two attached hydrogens (primary N) is 1. The van der Waals surface area contributed by atoms with Crippen molar-refractivity contribution in [3.8, 4) is 0 Å². The van der Waals surface area contributed by atoms with E-state index in [2.05, 4.69) is 37.4 Å². The number of carbonyl (C=O) groups is 3. The zero-order valence-corrected chi connectivity index (χ0v) is 34.6. The summed E-state index contributed by atoms with van der Waals surface area (Å²) in [7, 11) is -4.88. The van der Waals surface area contributed by atoms with Crippen LogP contribution in [0.5, 0.6) is 0 Å². The van der Waals surface area contributed by atoms with E-state index in [4.69, 9.17) is 30.1 Å². The van der Waals surface area contributed by atoms with E-state index in [1.807, 2.05) is 24.3 Å². The van der Waals surface area contributed by atoms with Gasteiger partial charge in [-0.05, 0) is 44.4 Å². The van der Waals surface area contributed by atoms with Crippen molar-refractivity contribution in [2.45, 2.75) is 160 Å². The molecule has 0 spiro atoms. The summed E-state index contributed by atoms with van der Waals surface area (Å²) in [6.45, 7) is 5.44. The zero-order chi connectivity index (χ0) is 40.5. The number of esters is 2. The second-order valence-electron chi connectivity index (χ2n) is 13.9. The van der Waals surface area contributed by atoms with Crippen LogP contribution in [0.4, 0.5) is 0 Å². The fraction of sp³-hybridized carbons (Fsp3) is 0.725. The van der Waals surface area contributed by atoms with Crippen molar-refractivity contribution >= 4 is 37.5 Å². The van der Waals surface area contributed by atoms with E-state index in [0.717, 1.165) is 44.4 Å². The molecule has 0 aliphatic heterocycles. The number of aliphatic carboxylic acids is 1. The molecule has 0 aromatic heterocycles. The summed E-state index contributed by atoms with van der Waals surface area (Å²) in [6.07, 6.45) is 29.0. The summed E-state index contributed by atoms with van der Waals surface area (Å²) >= 11 is 1.20. The molecule has 0 radical (unpaired) electrons. The second kappa shape index (κ2) is 34.0. The van der Waals surface area contributed by atoms with Crippen molar-refractivity contribution < 1.29 is 52.9 Å². The standard InChI is InChI=1S/C40H70NO11PS/c1-4-5-6-7-8-9-10-11-12-16-19-22-27-37(36(42)26-24-28-38(43)44)54-32-35(41)40(46)50-30-34(31-51-53(47,48)49)52-39(45)29-23-20-17-14-13-15-18-21-25-33(2)3/h8-9,11-12,16,19,22,27,33-37,42H,4-7,10,13-15,17-18,20-21,23-26,28-32,41H2,1-3H3,(H,43,44)(H2,47,48,49)/b9-8-,12-11-,19-16+,27-22+/t34-,35+,36+,37-/m1/s1. The Bertz CT molecular complexity index is 1150. The molecule has 0 bridgehead atoms. The van der Waals surface area contributed by atoms with Crippen molar-refractivity contribution in [3.05, 3.63) is 48.6 Å². The van der Waals surface area contributed by atoms with Gasteiger partial charge in [0.25, 0.3) is 0 Å². The minimum atomic E-state index is -4.88. The molecule has 312 valence electrons. The van der Waals surface area contributed by atoms with E-state index in [1.165, 1.54) is 56.7 Å². The molecule has 14 heteroatoms. The van der Waals surface area contributed by atoms with Gasteiger partial charge in [-0.15, -0.1) is 11.8 Å². The number of allylic oxidation sites excluding steroid dienone is 7. The SMILES string of the molecule is CCCCC/C=C\C\C=C/C=C/C=C/[C@@H](SC[C@H](N)C(=O)OC[C@H](COP(=O)(O)O)OC(=O)CCCCCCCCCCC(C)C)[C@@H](O)CCCC(=O)O. The van der Waals surface area contributed by atoms with Gasteiger partial charge in [-0.3, -0.25) is 18.9 Å². The molecule has 54 heavy (non-hydrogen) atoms. The number of hydrogen-bond acceptors (Lipinski definition) is 10. The Hall–Kier alpha value is -2.25. The highest BCUT2D eigenvalue weighted by molar-refractivity contribution is 8.00. The Labute approximate surface area is 328 Å². The van der Waals surface area contributed by atoms with Gasteiger partial charge in [-0.1, -0.05) is 134 Å². The number of phosphoric acid groups is 1. The van der Waals surface area contributed by atoms with Crippen LogP contribution in [0.3, 0.4) is 0 Å². The Balaban J connectivity index is 4.97. The Morgan fingerprint density at radius 2 is 1.46 bits per heavy atom. The molecule has 0 aromatic rings. The molecule has 0 amide bonds. The molecule has 0 rings (SSSR count). The number of phosphoric ester groups is 1. The maximum absolute atomic E-state index is 12.8. The summed E-state index contributed by atoms with van der Waals surface area (Å²) in [5.74, 6) is -1.61. The molecule has 0 aliphatic carbocycles. The van der Waals surface area contributed by atoms with Crippen molar-refractivity contribution in [1.29, 1.82) is 0 Å². The first-order chi connectivity index (χ1) is 25.7. The predicted octanol–water partition coefficient (Wildman–Crippen LogP) is 8.35. The second-order valence-corrected chi connectivity index (χ2v) is 16.4. The first-order valence-corrected chi connectivity index (χ1v) is 22.3. The number of hydrogen-bond donors (Lipinski definition) is 5. The molecule has 12 nitrogen and oxygen atoms in total. The molecule has 6 N–H and O–H groups in total. The van der Waals surface area contributed by atoms with E-state index < -0.39 is 62.4 Å². The number of rotatable bonds is 35. The van der Waals surface area contributed by atoms with Crippen LogP contribution in [0.15, 0.2) is 48.6 Å². The molecule has 0 aliphatic rings. The Morgan fingerprint density at radius 3 is 2.11 bits per heavy atom. The maximum atomic E-state index is 12.8. The van der Waals surface area contributed by atoms with E-state index >= 15 is 0 Å². The summed E-state index contributed by atoms with van der Waals surface area (Å²) in [5, 5.41) is 19.3. The van der Waals surface area contributed by atoms with E-state index in [0.29, 0.717) is 6.42 Å². The van der Waals surface area contributed by atoms with Gasteiger partial charge in [0.1, 0.15) is 12.6 Å². The fourth-order valence-electron chi connectivity index (χ4n) is 5.17. The lowest BCUT2D eigenvalue weighted by molar-refractivity contribution is -0.161. The van der Waals surface area contributed by atoms with Crippen LogP contribution in [-0.4, -0.2) is 80.4 Å². The van der Waals surface area contributed by atoms with Gasteiger partial charge >= 0.3 is 25.7 Å². The highest BCUT2D eigenvalue weighted by Crippen LogP contribution is 2.36. The van der Waals surface area contributed by atoms with Crippen LogP contribution in [0.2, 0.25) is 0 Å². The summed E-state index contributed by atoms with van der Waals surface area (Å²) in [6, 6.07) is -1.14. The van der Waals surface area contributed by atoms with Crippen LogP contribution in [-0.2, 0) is 32.9 Å². The third kappa shape index (κ3) is 34.3. The van der Waals surface area contributed by atoms with E-state index in [1.54, 1.807) is 12.2 Å². The summed E-state index contributed by atoms with van der Waals surface area (Å²) < 4.78 is 26.4. The average molecular weight is 804 g/mol. The molecular formula is C40H70NO11PS. The highest BCUT2D eigenvalue weighted by atomic mass is 32.2. The molecule has 0 fully saturated rings. The number of carbonyl (C=O) groups excluding carboxylic acids is 2. The van der Waals surface area contributed by atoms with Crippen molar-refractivity contribution in [3.63, 3.8) is 0 Å². The number of carboxylic acid groups (broad SMARTS) is 1. The van der Waals surface area contributed by atoms with Gasteiger partial charge in [-0.2, -0.15) is 0 Å². The molecule has 0 aromatic carbocycles. The van der Waals surface area contributed by atoms with Crippen molar-refractivity contribution in [2.24, 2.45) is 11.7 Å². The normalized spacial score (nSPS) is 14.7. The molecule has 0 saturated carbocycles. The van der Waals surface area contributed by atoms with Gasteiger partial charge in [0, 0.05) is 23.8 Å². The quantitative estimate of drug-likeness (QED) is 0.0135. The van der Waals surface area contributed by atoms with Gasteiger partial charge in [-0.25, -0.2) is 4.57 Å². The average Bonchev–Trinajstić information content (AvgIpc) is 3.10. The maximum Gasteiger partial charge on any atom is 0.469 e. The van der Waals surface area contributed by atoms with Crippen LogP contribution >= 0.6 is 19.6 Å². The number of ether oxygens (including phenoxy) is 2. The van der Waals surface area contributed by atoms with E-state index in [9.17, 15) is 24.1 Å². The lowest BCUT2D eigenvalue weighted by Crippen LogP contribution is -2.38. The third-order valence-corrected chi connectivity index (χ3v) is 10.2. The smallest absolute Gasteiger partial charge is 0.469 e. The number of unbranched alkanes of at least 4 members (excludes halogenated alkanes) is 10. The molecule has 0 heterocycles. The largest absolute Gasteiger partial charge is 0.481 e. The van der Waals surface area contributed by atoms with Gasteiger partial charge in [0.15, 0.2) is 6.10 Å². The molecular weight excluding hydrogens is 733 g/mol. The van der Waals surface area contributed by atoms with Crippen LogP contribution in [0.25, 0.3) is 0 Å².